The van der Waals surface area contributed by atoms with Crippen LogP contribution in [0.25, 0.3) is 0 Å². The fraction of sp³-hybridized carbons (Fsp3) is 0.357. The van der Waals surface area contributed by atoms with E-state index in [1.165, 1.54) is 19.1 Å². The van der Waals surface area contributed by atoms with E-state index in [2.05, 4.69) is 21.9 Å². The highest BCUT2D eigenvalue weighted by Crippen LogP contribution is 2.09. The van der Waals surface area contributed by atoms with Crippen LogP contribution in [0.5, 0.6) is 0 Å². The van der Waals surface area contributed by atoms with E-state index >= 15 is 0 Å². The number of aliphatic hydroxyl groups is 1. The topological polar surface area (TPSA) is 95.5 Å². The lowest BCUT2D eigenvalue weighted by Crippen LogP contribution is -2.33. The maximum Gasteiger partial charge on any atom is 0.240 e. The van der Waals surface area contributed by atoms with Crippen molar-refractivity contribution in [1.29, 1.82) is 0 Å². The summed E-state index contributed by atoms with van der Waals surface area (Å²) in [5, 5.41) is 11.1. The molecule has 0 aliphatic carbocycles. The summed E-state index contributed by atoms with van der Waals surface area (Å²) < 4.78 is 26.3. The van der Waals surface area contributed by atoms with Crippen molar-refractivity contribution in [2.45, 2.75) is 18.2 Å². The number of sulfonamides is 1. The Hall–Kier alpha value is -1.88. The van der Waals surface area contributed by atoms with Crippen LogP contribution in [-0.2, 0) is 14.8 Å². The Bertz CT molecular complexity index is 627. The number of aliphatic hydroxyl groups excluding tert-OH is 1. The Labute approximate surface area is 124 Å². The van der Waals surface area contributed by atoms with Gasteiger partial charge < -0.3 is 10.4 Å². The molecule has 7 heteroatoms. The van der Waals surface area contributed by atoms with Gasteiger partial charge in [-0.25, -0.2) is 13.1 Å². The molecule has 0 saturated carbocycles. The Kier molecular flexibility index (Phi) is 6.88. The molecule has 0 fully saturated rings. The van der Waals surface area contributed by atoms with E-state index in [9.17, 15) is 13.2 Å². The van der Waals surface area contributed by atoms with Gasteiger partial charge in [0, 0.05) is 32.0 Å². The van der Waals surface area contributed by atoms with Gasteiger partial charge in [-0.15, -0.1) is 0 Å². The van der Waals surface area contributed by atoms with E-state index in [0.717, 1.165) is 0 Å². The van der Waals surface area contributed by atoms with Crippen LogP contribution in [0, 0.1) is 11.8 Å². The van der Waals surface area contributed by atoms with E-state index < -0.39 is 10.0 Å². The van der Waals surface area contributed by atoms with Crippen LogP contribution in [-0.4, -0.2) is 39.1 Å². The molecule has 0 radical (unpaired) electrons. The van der Waals surface area contributed by atoms with Gasteiger partial charge in [0.15, 0.2) is 0 Å². The molecular weight excluding hydrogens is 292 g/mol. The summed E-state index contributed by atoms with van der Waals surface area (Å²) in [6.45, 7) is 1.72. The van der Waals surface area contributed by atoms with Crippen LogP contribution in [0.15, 0.2) is 29.2 Å². The minimum absolute atomic E-state index is 0.00230. The lowest BCUT2D eigenvalue weighted by Gasteiger charge is -2.07. The maximum absolute atomic E-state index is 12.0. The highest BCUT2D eigenvalue weighted by atomic mass is 32.2. The number of hydrogen-bond donors (Lipinski definition) is 3. The third-order valence-corrected chi connectivity index (χ3v) is 3.90. The van der Waals surface area contributed by atoms with Crippen molar-refractivity contribution < 1.29 is 18.3 Å². The van der Waals surface area contributed by atoms with Crippen molar-refractivity contribution >= 4 is 15.9 Å². The van der Waals surface area contributed by atoms with Gasteiger partial charge >= 0.3 is 0 Å². The second kappa shape index (κ2) is 8.42. The first-order valence-corrected chi connectivity index (χ1v) is 7.88. The molecule has 1 aromatic rings. The average Bonchev–Trinajstić information content (AvgIpc) is 2.44. The normalized spacial score (nSPS) is 10.6. The molecule has 21 heavy (non-hydrogen) atoms. The number of rotatable bonds is 6. The quantitative estimate of drug-likeness (QED) is 0.502. The molecule has 114 valence electrons. The monoisotopic (exact) mass is 310 g/mol. The predicted molar refractivity (Wildman–Crippen MR) is 78.9 cm³/mol. The lowest BCUT2D eigenvalue weighted by atomic mass is 10.2. The molecule has 1 rings (SSSR count). The second-order valence-electron chi connectivity index (χ2n) is 4.18. The second-order valence-corrected chi connectivity index (χ2v) is 5.95. The molecule has 0 heterocycles. The van der Waals surface area contributed by atoms with E-state index in [4.69, 9.17) is 5.11 Å². The Morgan fingerprint density at radius 3 is 2.48 bits per heavy atom. The highest BCUT2D eigenvalue weighted by molar-refractivity contribution is 7.89. The summed E-state index contributed by atoms with van der Waals surface area (Å²) >= 11 is 0. The fourth-order valence-electron chi connectivity index (χ4n) is 1.45. The Balaban J connectivity index is 2.63. The maximum atomic E-state index is 12.0. The molecule has 0 unspecified atom stereocenters. The lowest BCUT2D eigenvalue weighted by molar-refractivity contribution is -0.118. The van der Waals surface area contributed by atoms with Gasteiger partial charge in [0.25, 0.3) is 0 Å². The highest BCUT2D eigenvalue weighted by Gasteiger charge is 2.12. The third kappa shape index (κ3) is 6.40. The molecule has 0 saturated heterocycles. The molecule has 0 atom stereocenters. The van der Waals surface area contributed by atoms with E-state index in [0.29, 0.717) is 12.0 Å². The zero-order chi connectivity index (χ0) is 15.7. The van der Waals surface area contributed by atoms with E-state index in [-0.39, 0.29) is 30.5 Å². The van der Waals surface area contributed by atoms with Crippen molar-refractivity contribution in [2.75, 3.05) is 19.7 Å². The summed E-state index contributed by atoms with van der Waals surface area (Å²) in [5.74, 6) is 5.36. The van der Waals surface area contributed by atoms with Gasteiger partial charge in [-0.2, -0.15) is 0 Å². The Morgan fingerprint density at radius 2 is 1.90 bits per heavy atom. The van der Waals surface area contributed by atoms with Crippen LogP contribution >= 0.6 is 0 Å². The number of nitrogens with one attached hydrogen (secondary N) is 2. The van der Waals surface area contributed by atoms with Crippen LogP contribution in [0.1, 0.15) is 18.9 Å². The van der Waals surface area contributed by atoms with Gasteiger partial charge in [-0.1, -0.05) is 11.8 Å². The van der Waals surface area contributed by atoms with Gasteiger partial charge in [-0.3, -0.25) is 4.79 Å². The molecule has 1 aromatic carbocycles. The third-order valence-electron chi connectivity index (χ3n) is 2.43. The van der Waals surface area contributed by atoms with Crippen molar-refractivity contribution in [3.05, 3.63) is 29.8 Å². The molecule has 1 amide bonds. The van der Waals surface area contributed by atoms with Crippen molar-refractivity contribution in [2.24, 2.45) is 0 Å². The van der Waals surface area contributed by atoms with Crippen LogP contribution < -0.4 is 10.0 Å². The average molecular weight is 310 g/mol. The summed E-state index contributed by atoms with van der Waals surface area (Å²) in [4.78, 5) is 10.8. The predicted octanol–water partition coefficient (Wildman–Crippen LogP) is -0.165. The van der Waals surface area contributed by atoms with Gasteiger partial charge in [0.05, 0.1) is 11.5 Å². The molecular formula is C14H18N2O4S. The van der Waals surface area contributed by atoms with Crippen molar-refractivity contribution in [1.82, 2.24) is 10.0 Å². The minimum Gasteiger partial charge on any atom is -0.395 e. The first kappa shape index (κ1) is 17.2. The smallest absolute Gasteiger partial charge is 0.240 e. The summed E-state index contributed by atoms with van der Waals surface area (Å²) in [6, 6.07) is 6.13. The molecule has 3 N–H and O–H groups in total. The number of carbonyl (C=O) groups is 1. The largest absolute Gasteiger partial charge is 0.395 e. The SMILES string of the molecule is CC(=O)NCCNS(=O)(=O)c1ccc(C#CCCO)cc1. The summed E-state index contributed by atoms with van der Waals surface area (Å²) in [7, 11) is -3.59. The van der Waals surface area contributed by atoms with Crippen LogP contribution in [0.4, 0.5) is 0 Å². The Morgan fingerprint density at radius 1 is 1.24 bits per heavy atom. The molecule has 0 spiro atoms. The summed E-state index contributed by atoms with van der Waals surface area (Å²) in [6.07, 6.45) is 0.380. The number of hydrogen-bond acceptors (Lipinski definition) is 4. The zero-order valence-corrected chi connectivity index (χ0v) is 12.5. The summed E-state index contributed by atoms with van der Waals surface area (Å²) in [5.41, 5.74) is 0.681. The van der Waals surface area contributed by atoms with Gasteiger partial charge in [-0.05, 0) is 24.3 Å². The molecule has 0 aliphatic heterocycles. The first-order valence-electron chi connectivity index (χ1n) is 6.39. The van der Waals surface area contributed by atoms with Crippen molar-refractivity contribution in [3.63, 3.8) is 0 Å². The number of benzene rings is 1. The van der Waals surface area contributed by atoms with Crippen molar-refractivity contribution in [3.8, 4) is 11.8 Å². The molecule has 0 aromatic heterocycles. The minimum atomic E-state index is -3.59. The van der Waals surface area contributed by atoms with Gasteiger partial charge in [0.2, 0.25) is 15.9 Å². The zero-order valence-electron chi connectivity index (χ0n) is 11.7. The van der Waals surface area contributed by atoms with Crippen LogP contribution in [0.2, 0.25) is 0 Å². The fourth-order valence-corrected chi connectivity index (χ4v) is 2.48. The number of amides is 1. The molecule has 0 bridgehead atoms. The van der Waals surface area contributed by atoms with E-state index in [1.807, 2.05) is 0 Å². The van der Waals surface area contributed by atoms with E-state index in [1.54, 1.807) is 12.1 Å². The molecule has 0 aliphatic rings. The van der Waals surface area contributed by atoms with Gasteiger partial charge in [0.1, 0.15) is 0 Å². The molecule has 6 nitrogen and oxygen atoms in total. The van der Waals surface area contributed by atoms with Crippen LogP contribution in [0.3, 0.4) is 0 Å². The first-order chi connectivity index (χ1) is 9.95. The number of carbonyl (C=O) groups excluding carboxylic acids is 1. The standard InChI is InChI=1S/C14H18N2O4S/c1-12(18)15-9-10-16-21(19,20)14-7-5-13(6-8-14)4-2-3-11-17/h5-8,16-17H,3,9-11H2,1H3,(H,15,18).